The zero-order valence-electron chi connectivity index (χ0n) is 10.1. The number of nitrogens with zero attached hydrogens (tertiary/aromatic N) is 2. The van der Waals surface area contributed by atoms with E-state index in [0.29, 0.717) is 0 Å². The van der Waals surface area contributed by atoms with Crippen LogP contribution in [0.5, 0.6) is 0 Å². The Hall–Kier alpha value is -0.570. The van der Waals surface area contributed by atoms with E-state index < -0.39 is 0 Å². The Morgan fingerprint density at radius 1 is 1.33 bits per heavy atom. The van der Waals surface area contributed by atoms with E-state index in [4.69, 9.17) is 0 Å². The summed E-state index contributed by atoms with van der Waals surface area (Å²) >= 11 is 0. The van der Waals surface area contributed by atoms with Crippen LogP contribution in [-0.2, 0) is 6.54 Å². The van der Waals surface area contributed by atoms with E-state index in [-0.39, 0.29) is 17.0 Å². The number of pyridine rings is 1. The van der Waals surface area contributed by atoms with Gasteiger partial charge in [-0.2, -0.15) is 0 Å². The number of hydrogen-bond donors (Lipinski definition) is 0. The molecule has 15 heavy (non-hydrogen) atoms. The van der Waals surface area contributed by atoms with Crippen molar-refractivity contribution in [3.05, 3.63) is 24.0 Å². The molecule has 0 aliphatic carbocycles. The minimum absolute atomic E-state index is 0. The van der Waals surface area contributed by atoms with Gasteiger partial charge in [0.25, 0.3) is 0 Å². The molecule has 86 valence electrons. The molecular formula is C12H21BrN2. The van der Waals surface area contributed by atoms with Crippen LogP contribution in [-0.4, -0.2) is 14.1 Å². The first-order chi connectivity index (χ1) is 6.65. The van der Waals surface area contributed by atoms with Gasteiger partial charge in [-0.05, 0) is 6.92 Å². The van der Waals surface area contributed by atoms with Gasteiger partial charge in [0.15, 0.2) is 12.4 Å². The van der Waals surface area contributed by atoms with Crippen molar-refractivity contribution in [2.24, 2.45) is 0 Å². The molecule has 0 aromatic carbocycles. The highest BCUT2D eigenvalue weighted by Crippen LogP contribution is 2.13. The maximum atomic E-state index is 2.27. The minimum atomic E-state index is 0. The van der Waals surface area contributed by atoms with Gasteiger partial charge in [-0.25, -0.2) is 4.57 Å². The SMILES string of the molecule is CCCC[n+]1ccc(N(C)C)c(C)c1.[Br-]. The number of hydrogen-bond acceptors (Lipinski definition) is 1. The van der Waals surface area contributed by atoms with Crippen LogP contribution in [0.4, 0.5) is 5.69 Å². The second kappa shape index (κ2) is 6.83. The fourth-order valence-corrected chi connectivity index (χ4v) is 1.64. The largest absolute Gasteiger partial charge is 1.00 e. The van der Waals surface area contributed by atoms with Gasteiger partial charge in [0, 0.05) is 32.1 Å². The summed E-state index contributed by atoms with van der Waals surface area (Å²) in [6.45, 7) is 5.52. The minimum Gasteiger partial charge on any atom is -1.00 e. The molecule has 1 heterocycles. The second-order valence-corrected chi connectivity index (χ2v) is 4.00. The molecule has 0 N–H and O–H groups in total. The molecule has 0 fully saturated rings. The molecule has 0 spiro atoms. The Balaban J connectivity index is 0.00000196. The molecule has 1 rings (SSSR count). The van der Waals surface area contributed by atoms with Crippen LogP contribution in [0.1, 0.15) is 25.3 Å². The molecule has 3 heteroatoms. The lowest BCUT2D eigenvalue weighted by molar-refractivity contribution is -0.697. The zero-order valence-corrected chi connectivity index (χ0v) is 11.7. The lowest BCUT2D eigenvalue weighted by Crippen LogP contribution is -3.00. The van der Waals surface area contributed by atoms with Gasteiger partial charge in [0.1, 0.15) is 6.54 Å². The molecule has 0 amide bonds. The molecule has 1 aromatic heterocycles. The first kappa shape index (κ1) is 14.4. The first-order valence-electron chi connectivity index (χ1n) is 5.32. The van der Waals surface area contributed by atoms with Crippen molar-refractivity contribution in [3.63, 3.8) is 0 Å². The van der Waals surface area contributed by atoms with Crippen molar-refractivity contribution in [1.29, 1.82) is 0 Å². The van der Waals surface area contributed by atoms with Crippen LogP contribution in [0.15, 0.2) is 18.5 Å². The van der Waals surface area contributed by atoms with Gasteiger partial charge < -0.3 is 21.9 Å². The van der Waals surface area contributed by atoms with Crippen molar-refractivity contribution in [1.82, 2.24) is 0 Å². The first-order valence-corrected chi connectivity index (χ1v) is 5.32. The highest BCUT2D eigenvalue weighted by atomic mass is 79.9. The normalized spacial score (nSPS) is 9.60. The van der Waals surface area contributed by atoms with Gasteiger partial charge in [0.2, 0.25) is 0 Å². The number of halogens is 1. The van der Waals surface area contributed by atoms with Gasteiger partial charge in [-0.3, -0.25) is 0 Å². The quantitative estimate of drug-likeness (QED) is 0.648. The summed E-state index contributed by atoms with van der Waals surface area (Å²) in [5.74, 6) is 0. The Morgan fingerprint density at radius 3 is 2.47 bits per heavy atom. The highest BCUT2D eigenvalue weighted by Gasteiger charge is 2.06. The smallest absolute Gasteiger partial charge is 0.173 e. The Kier molecular flexibility index (Phi) is 6.57. The maximum Gasteiger partial charge on any atom is 0.173 e. The van der Waals surface area contributed by atoms with E-state index in [0.717, 1.165) is 6.54 Å². The fourth-order valence-electron chi connectivity index (χ4n) is 1.64. The average Bonchev–Trinajstić information content (AvgIpc) is 2.14. The number of aromatic nitrogens is 1. The summed E-state index contributed by atoms with van der Waals surface area (Å²) in [6.07, 6.45) is 6.90. The van der Waals surface area contributed by atoms with Crippen LogP contribution in [0, 0.1) is 6.92 Å². The fraction of sp³-hybridized carbons (Fsp3) is 0.583. The molecule has 0 saturated heterocycles. The van der Waals surface area contributed by atoms with E-state index in [1.165, 1.54) is 24.1 Å². The van der Waals surface area contributed by atoms with Crippen molar-refractivity contribution >= 4 is 5.69 Å². The number of unbranched alkanes of at least 4 members (excludes halogenated alkanes) is 1. The molecule has 0 atom stereocenters. The van der Waals surface area contributed by atoms with Crippen molar-refractivity contribution in [2.75, 3.05) is 19.0 Å². The molecule has 0 bridgehead atoms. The van der Waals surface area contributed by atoms with Gasteiger partial charge in [-0.15, -0.1) is 0 Å². The van der Waals surface area contributed by atoms with E-state index in [1.807, 2.05) is 0 Å². The molecule has 2 nitrogen and oxygen atoms in total. The van der Waals surface area contributed by atoms with E-state index in [1.54, 1.807) is 0 Å². The average molecular weight is 273 g/mol. The van der Waals surface area contributed by atoms with Gasteiger partial charge in [-0.1, -0.05) is 13.3 Å². The predicted molar refractivity (Wildman–Crippen MR) is 60.6 cm³/mol. The number of anilines is 1. The molecule has 0 aliphatic rings. The summed E-state index contributed by atoms with van der Waals surface area (Å²) in [4.78, 5) is 2.15. The maximum absolute atomic E-state index is 2.27. The van der Waals surface area contributed by atoms with Gasteiger partial charge in [0.05, 0.1) is 5.69 Å². The molecule has 0 radical (unpaired) electrons. The standard InChI is InChI=1S/C12H21N2.BrH/c1-5-6-8-14-9-7-12(13(3)4)11(2)10-14;/h7,9-10H,5-6,8H2,1-4H3;1H/q+1;/p-1. The van der Waals surface area contributed by atoms with Crippen LogP contribution in [0.3, 0.4) is 0 Å². The van der Waals surface area contributed by atoms with Crippen LogP contribution >= 0.6 is 0 Å². The van der Waals surface area contributed by atoms with Crippen molar-refractivity contribution in [2.45, 2.75) is 33.2 Å². The van der Waals surface area contributed by atoms with Gasteiger partial charge >= 0.3 is 0 Å². The third-order valence-electron chi connectivity index (χ3n) is 2.44. The van der Waals surface area contributed by atoms with Crippen molar-refractivity contribution in [3.8, 4) is 0 Å². The summed E-state index contributed by atoms with van der Waals surface area (Å²) < 4.78 is 2.27. The van der Waals surface area contributed by atoms with Crippen molar-refractivity contribution < 1.29 is 21.5 Å². The van der Waals surface area contributed by atoms with Crippen LogP contribution < -0.4 is 26.4 Å². The van der Waals surface area contributed by atoms with E-state index in [9.17, 15) is 0 Å². The summed E-state index contributed by atoms with van der Waals surface area (Å²) in [5, 5.41) is 0. The van der Waals surface area contributed by atoms with E-state index in [2.05, 4.69) is 55.9 Å². The van der Waals surface area contributed by atoms with E-state index >= 15 is 0 Å². The third-order valence-corrected chi connectivity index (χ3v) is 2.44. The number of rotatable bonds is 4. The number of aryl methyl sites for hydroxylation is 2. The third kappa shape index (κ3) is 4.20. The Bertz CT molecular complexity index is 298. The molecule has 1 aromatic rings. The predicted octanol–water partition coefficient (Wildman–Crippen LogP) is -0.847. The topological polar surface area (TPSA) is 7.12 Å². The Labute approximate surface area is 104 Å². The molecule has 0 aliphatic heterocycles. The lowest BCUT2D eigenvalue weighted by atomic mass is 10.2. The summed E-state index contributed by atoms with van der Waals surface area (Å²) in [6, 6.07) is 2.19. The van der Waals surface area contributed by atoms with Crippen LogP contribution in [0.2, 0.25) is 0 Å². The van der Waals surface area contributed by atoms with Crippen LogP contribution in [0.25, 0.3) is 0 Å². The molecular weight excluding hydrogens is 252 g/mol. The monoisotopic (exact) mass is 272 g/mol. The Morgan fingerprint density at radius 2 is 2.00 bits per heavy atom. The summed E-state index contributed by atoms with van der Waals surface area (Å²) in [5.41, 5.74) is 2.64. The summed E-state index contributed by atoms with van der Waals surface area (Å²) in [7, 11) is 4.16. The molecule has 0 saturated carbocycles. The molecule has 0 unspecified atom stereocenters. The zero-order chi connectivity index (χ0) is 10.6. The highest BCUT2D eigenvalue weighted by molar-refractivity contribution is 5.48. The second-order valence-electron chi connectivity index (χ2n) is 4.00. The lowest BCUT2D eigenvalue weighted by Gasteiger charge is -2.13.